The van der Waals surface area contributed by atoms with Crippen LogP contribution in [0.1, 0.15) is 5.56 Å². The van der Waals surface area contributed by atoms with Crippen LogP contribution in [-0.2, 0) is 11.3 Å². The number of benzene rings is 1. The van der Waals surface area contributed by atoms with E-state index >= 15 is 0 Å². The third-order valence-corrected chi connectivity index (χ3v) is 3.02. The number of anilines is 1. The van der Waals surface area contributed by atoms with Crippen LogP contribution in [-0.4, -0.2) is 23.3 Å². The van der Waals surface area contributed by atoms with Crippen LogP contribution in [0.3, 0.4) is 0 Å². The molecule has 0 bridgehead atoms. The van der Waals surface area contributed by atoms with Crippen molar-refractivity contribution in [3.8, 4) is 0 Å². The molecular weight excluding hydrogens is 188 g/mol. The highest BCUT2D eigenvalue weighted by Crippen LogP contribution is 2.25. The fourth-order valence-electron chi connectivity index (χ4n) is 2.16. The standard InChI is InChI=1S/C12H12N2O/c15-12-5-6-14-8-9-3-1-2-4-10(9)13-7-11(12)14/h1-6,11,13H,7-8H2. The lowest BCUT2D eigenvalue weighted by Crippen LogP contribution is -2.35. The van der Waals surface area contributed by atoms with E-state index < -0.39 is 0 Å². The van der Waals surface area contributed by atoms with Gasteiger partial charge in [-0.1, -0.05) is 18.2 Å². The monoisotopic (exact) mass is 200 g/mol. The zero-order chi connectivity index (χ0) is 10.3. The topological polar surface area (TPSA) is 32.3 Å². The number of nitrogens with zero attached hydrogens (tertiary/aromatic N) is 1. The summed E-state index contributed by atoms with van der Waals surface area (Å²) in [6.45, 7) is 1.51. The highest BCUT2D eigenvalue weighted by molar-refractivity contribution is 5.97. The Labute approximate surface area is 88.4 Å². The van der Waals surface area contributed by atoms with Gasteiger partial charge in [-0.3, -0.25) is 4.79 Å². The summed E-state index contributed by atoms with van der Waals surface area (Å²) in [6.07, 6.45) is 3.57. The third-order valence-electron chi connectivity index (χ3n) is 3.02. The molecule has 1 N–H and O–H groups in total. The number of ketones is 1. The first-order chi connectivity index (χ1) is 7.34. The van der Waals surface area contributed by atoms with Crippen molar-refractivity contribution in [3.05, 3.63) is 42.1 Å². The van der Waals surface area contributed by atoms with Crippen molar-refractivity contribution in [2.45, 2.75) is 12.6 Å². The third kappa shape index (κ3) is 1.31. The van der Waals surface area contributed by atoms with Gasteiger partial charge in [-0.15, -0.1) is 0 Å². The number of carbonyl (C=O) groups excluding carboxylic acids is 1. The summed E-state index contributed by atoms with van der Waals surface area (Å²) in [5.74, 6) is 0.204. The smallest absolute Gasteiger partial charge is 0.181 e. The van der Waals surface area contributed by atoms with E-state index in [0.29, 0.717) is 6.54 Å². The molecule has 1 atom stereocenters. The molecule has 0 amide bonds. The summed E-state index contributed by atoms with van der Waals surface area (Å²) in [6, 6.07) is 8.19. The summed E-state index contributed by atoms with van der Waals surface area (Å²) in [7, 11) is 0. The van der Waals surface area contributed by atoms with Crippen LogP contribution in [0.4, 0.5) is 5.69 Å². The van der Waals surface area contributed by atoms with E-state index in [9.17, 15) is 4.79 Å². The highest BCUT2D eigenvalue weighted by Gasteiger charge is 2.29. The summed E-state index contributed by atoms with van der Waals surface area (Å²) in [5.41, 5.74) is 2.40. The minimum atomic E-state index is -0.0163. The fraction of sp³-hybridized carbons (Fsp3) is 0.250. The quantitative estimate of drug-likeness (QED) is 0.686. The molecule has 0 saturated carbocycles. The highest BCUT2D eigenvalue weighted by atomic mass is 16.1. The van der Waals surface area contributed by atoms with Crippen molar-refractivity contribution in [1.29, 1.82) is 0 Å². The molecule has 0 fully saturated rings. The molecule has 2 aliphatic heterocycles. The number of para-hydroxylation sites is 1. The van der Waals surface area contributed by atoms with Crippen LogP contribution in [0.5, 0.6) is 0 Å². The maximum absolute atomic E-state index is 11.5. The molecule has 1 unspecified atom stereocenters. The molecule has 0 spiro atoms. The van der Waals surface area contributed by atoms with Gasteiger partial charge < -0.3 is 10.2 Å². The fourth-order valence-corrected chi connectivity index (χ4v) is 2.16. The second-order valence-corrected chi connectivity index (χ2v) is 3.94. The van der Waals surface area contributed by atoms with Gasteiger partial charge in [0.15, 0.2) is 5.78 Å². The minimum absolute atomic E-state index is 0.0163. The minimum Gasteiger partial charge on any atom is -0.382 e. The Bertz CT molecular complexity index is 439. The molecule has 2 heterocycles. The number of fused-ring (bicyclic) bond motifs is 2. The van der Waals surface area contributed by atoms with Crippen molar-refractivity contribution in [3.63, 3.8) is 0 Å². The number of carbonyl (C=O) groups is 1. The Morgan fingerprint density at radius 3 is 3.13 bits per heavy atom. The molecule has 3 nitrogen and oxygen atoms in total. The summed E-state index contributed by atoms with van der Waals surface area (Å²) >= 11 is 0. The van der Waals surface area contributed by atoms with E-state index in [0.717, 1.165) is 12.2 Å². The van der Waals surface area contributed by atoms with Gasteiger partial charge in [-0.2, -0.15) is 0 Å². The molecule has 15 heavy (non-hydrogen) atoms. The van der Waals surface area contributed by atoms with Crippen molar-refractivity contribution in [2.24, 2.45) is 0 Å². The van der Waals surface area contributed by atoms with Gasteiger partial charge in [0.1, 0.15) is 6.04 Å². The average molecular weight is 200 g/mol. The molecule has 76 valence electrons. The Morgan fingerprint density at radius 2 is 2.20 bits per heavy atom. The summed E-state index contributed by atoms with van der Waals surface area (Å²) in [5, 5.41) is 3.32. The van der Waals surface area contributed by atoms with Crippen LogP contribution in [0.15, 0.2) is 36.5 Å². The first-order valence-corrected chi connectivity index (χ1v) is 5.14. The van der Waals surface area contributed by atoms with E-state index in [2.05, 4.69) is 22.3 Å². The number of hydrogen-bond donors (Lipinski definition) is 1. The van der Waals surface area contributed by atoms with Gasteiger partial charge in [0.25, 0.3) is 0 Å². The Balaban J connectivity index is 1.97. The van der Waals surface area contributed by atoms with Crippen molar-refractivity contribution in [2.75, 3.05) is 11.9 Å². The molecule has 2 aliphatic rings. The van der Waals surface area contributed by atoms with Gasteiger partial charge in [0, 0.05) is 25.0 Å². The lowest BCUT2D eigenvalue weighted by molar-refractivity contribution is -0.117. The average Bonchev–Trinajstić information content (AvgIpc) is 2.51. The van der Waals surface area contributed by atoms with Gasteiger partial charge in [0.2, 0.25) is 0 Å². The molecule has 1 aromatic rings. The van der Waals surface area contributed by atoms with Gasteiger partial charge >= 0.3 is 0 Å². The van der Waals surface area contributed by atoms with Crippen LogP contribution in [0.2, 0.25) is 0 Å². The van der Waals surface area contributed by atoms with Crippen LogP contribution in [0, 0.1) is 0 Å². The maximum Gasteiger partial charge on any atom is 0.181 e. The SMILES string of the molecule is O=C1C=CN2Cc3ccccc3NCC12. The normalized spacial score (nSPS) is 23.1. The molecular formula is C12H12N2O. The largest absolute Gasteiger partial charge is 0.382 e. The first kappa shape index (κ1) is 8.53. The molecule has 0 radical (unpaired) electrons. The molecule has 0 aliphatic carbocycles. The lowest BCUT2D eigenvalue weighted by Gasteiger charge is -2.20. The summed E-state index contributed by atoms with van der Waals surface area (Å²) in [4.78, 5) is 13.6. The number of rotatable bonds is 0. The zero-order valence-corrected chi connectivity index (χ0v) is 8.31. The molecule has 0 saturated heterocycles. The second kappa shape index (κ2) is 3.12. The van der Waals surface area contributed by atoms with E-state index in [-0.39, 0.29) is 11.8 Å². The van der Waals surface area contributed by atoms with E-state index in [1.54, 1.807) is 6.08 Å². The zero-order valence-electron chi connectivity index (χ0n) is 8.31. The van der Waals surface area contributed by atoms with Crippen LogP contribution in [0.25, 0.3) is 0 Å². The second-order valence-electron chi connectivity index (χ2n) is 3.94. The lowest BCUT2D eigenvalue weighted by atomic mass is 10.2. The predicted octanol–water partition coefficient (Wildman–Crippen LogP) is 1.38. The molecule has 0 aromatic heterocycles. The molecule has 3 heteroatoms. The Hall–Kier alpha value is -1.77. The van der Waals surface area contributed by atoms with E-state index in [1.807, 2.05) is 18.3 Å². The number of hydrogen-bond acceptors (Lipinski definition) is 3. The van der Waals surface area contributed by atoms with Gasteiger partial charge in [-0.05, 0) is 17.7 Å². The first-order valence-electron chi connectivity index (χ1n) is 5.14. The molecule has 3 rings (SSSR count). The van der Waals surface area contributed by atoms with Crippen LogP contribution < -0.4 is 5.32 Å². The van der Waals surface area contributed by atoms with Crippen molar-refractivity contribution < 1.29 is 4.79 Å². The summed E-state index contributed by atoms with van der Waals surface area (Å²) < 4.78 is 0. The van der Waals surface area contributed by atoms with Crippen molar-refractivity contribution in [1.82, 2.24) is 4.90 Å². The number of nitrogens with one attached hydrogen (secondary N) is 1. The Kier molecular flexibility index (Phi) is 1.78. The van der Waals surface area contributed by atoms with E-state index in [4.69, 9.17) is 0 Å². The van der Waals surface area contributed by atoms with Crippen molar-refractivity contribution >= 4 is 11.5 Å². The van der Waals surface area contributed by atoms with E-state index in [1.165, 1.54) is 5.56 Å². The van der Waals surface area contributed by atoms with Gasteiger partial charge in [0.05, 0.1) is 0 Å². The maximum atomic E-state index is 11.5. The van der Waals surface area contributed by atoms with Gasteiger partial charge in [-0.25, -0.2) is 0 Å². The van der Waals surface area contributed by atoms with Crippen LogP contribution >= 0.6 is 0 Å². The predicted molar refractivity (Wildman–Crippen MR) is 58.4 cm³/mol. The molecule has 1 aromatic carbocycles. The Morgan fingerprint density at radius 1 is 1.33 bits per heavy atom.